The first kappa shape index (κ1) is 20.3. The van der Waals surface area contributed by atoms with E-state index in [2.05, 4.69) is 41.4 Å². The van der Waals surface area contributed by atoms with E-state index in [1.54, 1.807) is 0 Å². The summed E-state index contributed by atoms with van der Waals surface area (Å²) in [4.78, 5) is 14.8. The third-order valence-electron chi connectivity index (χ3n) is 5.22. The number of benzene rings is 2. The molecule has 0 radical (unpaired) electrons. The molecule has 28 heavy (non-hydrogen) atoms. The van der Waals surface area contributed by atoms with E-state index in [0.29, 0.717) is 12.3 Å². The standard InChI is InChI=1S/C23H29FN2O2/c1-18-6-8-19(9-7-18)22(26-14-4-2-3-5-15-26)16-25-23(27)17-28-21-12-10-20(24)11-13-21/h6-13,22H,2-5,14-17H2,1H3,(H,25,27)/t22-/m0/s1. The highest BCUT2D eigenvalue weighted by Gasteiger charge is 2.22. The van der Waals surface area contributed by atoms with Crippen LogP contribution in [-0.4, -0.2) is 37.0 Å². The number of amides is 1. The van der Waals surface area contributed by atoms with Crippen LogP contribution in [0.2, 0.25) is 0 Å². The van der Waals surface area contributed by atoms with Crippen molar-refractivity contribution >= 4 is 5.91 Å². The number of halogens is 1. The highest BCUT2D eigenvalue weighted by atomic mass is 19.1. The Kier molecular flexibility index (Phi) is 7.43. The highest BCUT2D eigenvalue weighted by molar-refractivity contribution is 5.77. The summed E-state index contributed by atoms with van der Waals surface area (Å²) in [6.07, 6.45) is 4.94. The first-order valence-corrected chi connectivity index (χ1v) is 10.1. The lowest BCUT2D eigenvalue weighted by Gasteiger charge is -2.31. The van der Waals surface area contributed by atoms with Crippen molar-refractivity contribution in [2.45, 2.75) is 38.6 Å². The van der Waals surface area contributed by atoms with Gasteiger partial charge in [-0.15, -0.1) is 0 Å². The van der Waals surface area contributed by atoms with E-state index in [0.717, 1.165) is 13.1 Å². The van der Waals surface area contributed by atoms with Crippen LogP contribution < -0.4 is 10.1 Å². The molecule has 0 unspecified atom stereocenters. The van der Waals surface area contributed by atoms with Crippen molar-refractivity contribution in [2.75, 3.05) is 26.2 Å². The van der Waals surface area contributed by atoms with Crippen molar-refractivity contribution < 1.29 is 13.9 Å². The third-order valence-corrected chi connectivity index (χ3v) is 5.22. The maximum absolute atomic E-state index is 12.9. The number of nitrogens with zero attached hydrogens (tertiary/aromatic N) is 1. The Hall–Kier alpha value is -2.40. The summed E-state index contributed by atoms with van der Waals surface area (Å²) in [7, 11) is 0. The number of carbonyl (C=O) groups is 1. The summed E-state index contributed by atoms with van der Waals surface area (Å²) in [5, 5.41) is 3.02. The van der Waals surface area contributed by atoms with Gasteiger partial charge in [0.15, 0.2) is 6.61 Å². The van der Waals surface area contributed by atoms with Gasteiger partial charge in [-0.05, 0) is 62.7 Å². The highest BCUT2D eigenvalue weighted by Crippen LogP contribution is 2.24. The molecule has 1 amide bonds. The molecule has 1 aliphatic heterocycles. The van der Waals surface area contributed by atoms with Gasteiger partial charge in [0.2, 0.25) is 0 Å². The van der Waals surface area contributed by atoms with Gasteiger partial charge < -0.3 is 10.1 Å². The zero-order valence-electron chi connectivity index (χ0n) is 16.5. The largest absolute Gasteiger partial charge is 0.484 e. The molecule has 0 saturated carbocycles. The summed E-state index contributed by atoms with van der Waals surface area (Å²) < 4.78 is 18.4. The number of carbonyl (C=O) groups excluding carboxylic acids is 1. The van der Waals surface area contributed by atoms with E-state index in [9.17, 15) is 9.18 Å². The number of hydrogen-bond acceptors (Lipinski definition) is 3. The Morgan fingerprint density at radius 1 is 1.04 bits per heavy atom. The zero-order chi connectivity index (χ0) is 19.8. The molecular formula is C23H29FN2O2. The predicted molar refractivity (Wildman–Crippen MR) is 109 cm³/mol. The van der Waals surface area contributed by atoms with Gasteiger partial charge in [0.1, 0.15) is 11.6 Å². The van der Waals surface area contributed by atoms with Crippen molar-refractivity contribution in [3.05, 3.63) is 65.5 Å². The van der Waals surface area contributed by atoms with Gasteiger partial charge in [0, 0.05) is 6.54 Å². The molecule has 3 rings (SSSR count). The number of hydrogen-bond donors (Lipinski definition) is 1. The molecule has 2 aromatic carbocycles. The van der Waals surface area contributed by atoms with Gasteiger partial charge in [-0.25, -0.2) is 4.39 Å². The van der Waals surface area contributed by atoms with E-state index >= 15 is 0 Å². The Morgan fingerprint density at radius 2 is 1.68 bits per heavy atom. The van der Waals surface area contributed by atoms with Crippen molar-refractivity contribution in [3.63, 3.8) is 0 Å². The fraction of sp³-hybridized carbons (Fsp3) is 0.435. The van der Waals surface area contributed by atoms with Crippen LogP contribution >= 0.6 is 0 Å². The number of rotatable bonds is 7. The average Bonchev–Trinajstić information content (AvgIpc) is 2.98. The van der Waals surface area contributed by atoms with Crippen LogP contribution in [0.4, 0.5) is 4.39 Å². The maximum atomic E-state index is 12.9. The second kappa shape index (κ2) is 10.2. The first-order chi connectivity index (χ1) is 13.6. The minimum absolute atomic E-state index is 0.0771. The smallest absolute Gasteiger partial charge is 0.258 e. The van der Waals surface area contributed by atoms with Crippen LogP contribution in [0.25, 0.3) is 0 Å². The summed E-state index contributed by atoms with van der Waals surface area (Å²) in [6, 6.07) is 14.4. The Morgan fingerprint density at radius 3 is 2.32 bits per heavy atom. The topological polar surface area (TPSA) is 41.6 Å². The van der Waals surface area contributed by atoms with Gasteiger partial charge >= 0.3 is 0 Å². The van der Waals surface area contributed by atoms with Gasteiger partial charge in [-0.3, -0.25) is 9.69 Å². The normalized spacial score (nSPS) is 16.2. The molecular weight excluding hydrogens is 355 g/mol. The Balaban J connectivity index is 1.59. The van der Waals surface area contributed by atoms with E-state index in [4.69, 9.17) is 4.74 Å². The third kappa shape index (κ3) is 6.06. The molecule has 1 aliphatic rings. The number of nitrogens with one attached hydrogen (secondary N) is 1. The second-order valence-electron chi connectivity index (χ2n) is 7.42. The van der Waals surface area contributed by atoms with Gasteiger partial charge in [0.05, 0.1) is 6.04 Å². The SMILES string of the molecule is Cc1ccc([C@H](CNC(=O)COc2ccc(F)cc2)N2CCCCCC2)cc1. The molecule has 150 valence electrons. The fourth-order valence-electron chi connectivity index (χ4n) is 3.59. The molecule has 1 saturated heterocycles. The van der Waals surface area contributed by atoms with E-state index in [1.165, 1.54) is 61.1 Å². The van der Waals surface area contributed by atoms with E-state index in [1.807, 2.05) is 0 Å². The monoisotopic (exact) mass is 384 g/mol. The average molecular weight is 384 g/mol. The molecule has 0 bridgehead atoms. The summed E-state index contributed by atoms with van der Waals surface area (Å²) in [6.45, 7) is 4.67. The molecule has 4 nitrogen and oxygen atoms in total. The molecule has 1 atom stereocenters. The van der Waals surface area contributed by atoms with Crippen molar-refractivity contribution in [1.82, 2.24) is 10.2 Å². The predicted octanol–water partition coefficient (Wildman–Crippen LogP) is 4.25. The summed E-state index contributed by atoms with van der Waals surface area (Å²) in [5.74, 6) is -0.00870. The first-order valence-electron chi connectivity index (χ1n) is 10.1. The lowest BCUT2D eigenvalue weighted by Crippen LogP contribution is -2.40. The van der Waals surface area contributed by atoms with Crippen molar-refractivity contribution in [3.8, 4) is 5.75 Å². The molecule has 5 heteroatoms. The number of ether oxygens (including phenoxy) is 1. The molecule has 1 heterocycles. The Bertz CT molecular complexity index is 738. The summed E-state index contributed by atoms with van der Waals surface area (Å²) >= 11 is 0. The van der Waals surface area contributed by atoms with Crippen LogP contribution in [0, 0.1) is 12.7 Å². The van der Waals surface area contributed by atoms with Gasteiger partial charge in [0.25, 0.3) is 5.91 Å². The van der Waals surface area contributed by atoms with E-state index in [-0.39, 0.29) is 24.4 Å². The minimum Gasteiger partial charge on any atom is -0.484 e. The van der Waals surface area contributed by atoms with Crippen LogP contribution in [0.1, 0.15) is 42.9 Å². The van der Waals surface area contributed by atoms with Crippen LogP contribution in [0.5, 0.6) is 5.75 Å². The lowest BCUT2D eigenvalue weighted by atomic mass is 10.0. The molecule has 2 aromatic rings. The van der Waals surface area contributed by atoms with Crippen LogP contribution in [0.3, 0.4) is 0 Å². The fourth-order valence-corrected chi connectivity index (χ4v) is 3.59. The number of aryl methyl sites for hydroxylation is 1. The Labute approximate surface area is 166 Å². The molecule has 0 spiro atoms. The van der Waals surface area contributed by atoms with Gasteiger partial charge in [-0.2, -0.15) is 0 Å². The minimum atomic E-state index is -0.324. The maximum Gasteiger partial charge on any atom is 0.258 e. The second-order valence-corrected chi connectivity index (χ2v) is 7.42. The van der Waals surface area contributed by atoms with Gasteiger partial charge in [-0.1, -0.05) is 42.7 Å². The molecule has 1 N–H and O–H groups in total. The van der Waals surface area contributed by atoms with E-state index < -0.39 is 0 Å². The molecule has 0 aromatic heterocycles. The quantitative estimate of drug-likeness (QED) is 0.776. The molecule has 1 fully saturated rings. The zero-order valence-corrected chi connectivity index (χ0v) is 16.5. The summed E-state index contributed by atoms with van der Waals surface area (Å²) in [5.41, 5.74) is 2.46. The van der Waals surface area contributed by atoms with Crippen LogP contribution in [-0.2, 0) is 4.79 Å². The lowest BCUT2D eigenvalue weighted by molar-refractivity contribution is -0.123. The molecule has 0 aliphatic carbocycles. The number of likely N-dealkylation sites (tertiary alicyclic amines) is 1. The van der Waals surface area contributed by atoms with Crippen molar-refractivity contribution in [2.24, 2.45) is 0 Å². The van der Waals surface area contributed by atoms with Crippen molar-refractivity contribution in [1.29, 1.82) is 0 Å². The van der Waals surface area contributed by atoms with Crippen LogP contribution in [0.15, 0.2) is 48.5 Å².